The molecule has 0 amide bonds. The second-order valence-corrected chi connectivity index (χ2v) is 10.5. The van der Waals surface area contributed by atoms with E-state index in [0.717, 1.165) is 73.6 Å². The summed E-state index contributed by atoms with van der Waals surface area (Å²) in [5.41, 5.74) is 0.932. The van der Waals surface area contributed by atoms with E-state index in [1.807, 2.05) is 36.4 Å². The fourth-order valence-corrected chi connectivity index (χ4v) is 6.88. The Balaban J connectivity index is 1.79. The Kier molecular flexibility index (Phi) is 5.42. The number of hydrogen-bond acceptors (Lipinski definition) is 2. The lowest BCUT2D eigenvalue weighted by Gasteiger charge is -2.51. The van der Waals surface area contributed by atoms with Crippen molar-refractivity contribution in [3.63, 3.8) is 0 Å². The largest absolute Gasteiger partial charge is 0.380 e. The molecule has 30 heavy (non-hydrogen) atoms. The van der Waals surface area contributed by atoms with Crippen LogP contribution in [0.5, 0.6) is 0 Å². The average Bonchev–Trinajstić information content (AvgIpc) is 2.78. The van der Waals surface area contributed by atoms with E-state index in [1.165, 1.54) is 12.8 Å². The first kappa shape index (κ1) is 20.8. The molecule has 3 aliphatic carbocycles. The van der Waals surface area contributed by atoms with Crippen molar-refractivity contribution in [2.24, 2.45) is 11.8 Å². The minimum atomic E-state index is -1.18. The minimum Gasteiger partial charge on any atom is -0.380 e. The molecule has 0 aliphatic heterocycles. The number of benzene rings is 2. The van der Waals surface area contributed by atoms with Gasteiger partial charge in [0.15, 0.2) is 0 Å². The lowest BCUT2D eigenvalue weighted by Crippen LogP contribution is -2.50. The third kappa shape index (κ3) is 3.06. The first-order valence-corrected chi connectivity index (χ1v) is 12.3. The summed E-state index contributed by atoms with van der Waals surface area (Å²) in [5, 5.41) is 26.1. The van der Waals surface area contributed by atoms with Crippen molar-refractivity contribution in [2.75, 3.05) is 0 Å². The molecule has 0 saturated heterocycles. The molecule has 2 nitrogen and oxygen atoms in total. The molecule has 5 rings (SSSR count). The van der Waals surface area contributed by atoms with Gasteiger partial charge in [-0.2, -0.15) is 0 Å². The van der Waals surface area contributed by atoms with E-state index < -0.39 is 11.2 Å². The van der Waals surface area contributed by atoms with Crippen molar-refractivity contribution >= 4 is 23.2 Å². The van der Waals surface area contributed by atoms with Crippen LogP contribution in [0.2, 0.25) is 10.0 Å². The molecule has 3 aliphatic rings. The first-order chi connectivity index (χ1) is 14.5. The van der Waals surface area contributed by atoms with Crippen molar-refractivity contribution in [3.8, 4) is 0 Å². The number of aliphatic hydroxyl groups is 2. The van der Waals surface area contributed by atoms with E-state index in [-0.39, 0.29) is 11.8 Å². The molecule has 2 fully saturated rings. The van der Waals surface area contributed by atoms with E-state index in [9.17, 15) is 10.2 Å². The number of hydrogen-bond donors (Lipinski definition) is 2. The summed E-state index contributed by atoms with van der Waals surface area (Å²) < 4.78 is 0. The van der Waals surface area contributed by atoms with Gasteiger partial charge in [-0.15, -0.1) is 0 Å². The normalized spacial score (nSPS) is 30.0. The molecular weight excluding hydrogens is 415 g/mol. The Bertz CT molecular complexity index is 889. The quantitative estimate of drug-likeness (QED) is 0.526. The molecule has 2 N–H and O–H groups in total. The topological polar surface area (TPSA) is 40.5 Å². The first-order valence-electron chi connectivity index (χ1n) is 11.5. The lowest BCUT2D eigenvalue weighted by atomic mass is 9.57. The molecule has 0 radical (unpaired) electrons. The van der Waals surface area contributed by atoms with Crippen molar-refractivity contribution < 1.29 is 10.2 Å². The van der Waals surface area contributed by atoms with Gasteiger partial charge in [0.05, 0.1) is 0 Å². The summed E-state index contributed by atoms with van der Waals surface area (Å²) >= 11 is 12.9. The fourth-order valence-electron chi connectivity index (χ4n) is 6.54. The van der Waals surface area contributed by atoms with Crippen LogP contribution in [0.15, 0.2) is 36.4 Å². The van der Waals surface area contributed by atoms with Gasteiger partial charge in [-0.05, 0) is 84.0 Å². The summed E-state index contributed by atoms with van der Waals surface area (Å²) in [7, 11) is 0. The molecule has 0 unspecified atom stereocenters. The third-order valence-corrected chi connectivity index (χ3v) is 8.47. The maximum absolute atomic E-state index is 12.5. The van der Waals surface area contributed by atoms with Crippen LogP contribution in [-0.2, 0) is 11.2 Å². The van der Waals surface area contributed by atoms with Gasteiger partial charge < -0.3 is 10.2 Å². The average molecular weight is 445 g/mol. The molecule has 0 bridgehead atoms. The van der Waals surface area contributed by atoms with E-state index >= 15 is 0 Å². The standard InChI is InChI=1S/C26H30Cl2O2/c27-19-11-13-21-23(15-19)26(30,18-9-5-2-6-10-18)24-16-20(28)12-14-22(24)25(21,29)17-7-3-1-4-8-17/h11-18,29-30H,1-10H2. The van der Waals surface area contributed by atoms with Crippen LogP contribution in [0.3, 0.4) is 0 Å². The molecule has 0 heterocycles. The van der Waals surface area contributed by atoms with Gasteiger partial charge in [0.1, 0.15) is 11.2 Å². The van der Waals surface area contributed by atoms with Gasteiger partial charge in [-0.3, -0.25) is 0 Å². The summed E-state index contributed by atoms with van der Waals surface area (Å²) in [5.74, 6) is 0.221. The molecule has 2 aromatic rings. The van der Waals surface area contributed by atoms with Crippen LogP contribution in [0.1, 0.15) is 86.5 Å². The molecule has 0 aromatic heterocycles. The highest BCUT2D eigenvalue weighted by Gasteiger charge is 2.55. The predicted molar refractivity (Wildman–Crippen MR) is 122 cm³/mol. The fraction of sp³-hybridized carbons (Fsp3) is 0.538. The monoisotopic (exact) mass is 444 g/mol. The van der Waals surface area contributed by atoms with Gasteiger partial charge in [0.2, 0.25) is 0 Å². The SMILES string of the molecule is OC1(C2CCCCC2)c2ccc(Cl)cc2C(O)(C2CCCCC2)c2cc(Cl)ccc21. The van der Waals surface area contributed by atoms with E-state index in [4.69, 9.17) is 23.2 Å². The Hall–Kier alpha value is -1.06. The third-order valence-electron chi connectivity index (χ3n) is 8.00. The van der Waals surface area contributed by atoms with Crippen LogP contribution in [-0.4, -0.2) is 10.2 Å². The van der Waals surface area contributed by atoms with E-state index in [1.54, 1.807) is 0 Å². The highest BCUT2D eigenvalue weighted by Crippen LogP contribution is 2.58. The summed E-state index contributed by atoms with van der Waals surface area (Å²) in [6.07, 6.45) is 10.8. The lowest BCUT2D eigenvalue weighted by molar-refractivity contribution is -0.0449. The number of fused-ring (bicyclic) bond motifs is 2. The number of halogens is 2. The highest BCUT2D eigenvalue weighted by atomic mass is 35.5. The summed E-state index contributed by atoms with van der Waals surface area (Å²) in [6, 6.07) is 11.4. The highest BCUT2D eigenvalue weighted by molar-refractivity contribution is 6.31. The Labute approximate surface area is 189 Å². The maximum atomic E-state index is 12.5. The zero-order valence-corrected chi connectivity index (χ0v) is 18.9. The van der Waals surface area contributed by atoms with Gasteiger partial charge in [0, 0.05) is 10.0 Å². The molecule has 2 aromatic carbocycles. The van der Waals surface area contributed by atoms with Crippen molar-refractivity contribution in [2.45, 2.75) is 75.4 Å². The van der Waals surface area contributed by atoms with Crippen LogP contribution in [0.4, 0.5) is 0 Å². The second kappa shape index (κ2) is 7.81. The molecular formula is C26H30Cl2O2. The van der Waals surface area contributed by atoms with Crippen molar-refractivity contribution in [1.29, 1.82) is 0 Å². The minimum absolute atomic E-state index is 0.0941. The maximum Gasteiger partial charge on any atom is 0.118 e. The zero-order chi connectivity index (χ0) is 20.9. The van der Waals surface area contributed by atoms with Gasteiger partial charge in [-0.1, -0.05) is 73.9 Å². The van der Waals surface area contributed by atoms with Gasteiger partial charge >= 0.3 is 0 Å². The van der Waals surface area contributed by atoms with Crippen LogP contribution < -0.4 is 0 Å². The van der Waals surface area contributed by atoms with Crippen LogP contribution in [0, 0.1) is 11.8 Å². The Morgan fingerprint density at radius 3 is 1.33 bits per heavy atom. The van der Waals surface area contributed by atoms with Gasteiger partial charge in [-0.25, -0.2) is 0 Å². The molecule has 0 atom stereocenters. The summed E-state index contributed by atoms with van der Waals surface area (Å²) in [4.78, 5) is 0. The smallest absolute Gasteiger partial charge is 0.118 e. The van der Waals surface area contributed by atoms with Crippen LogP contribution >= 0.6 is 23.2 Å². The Morgan fingerprint density at radius 2 is 0.933 bits per heavy atom. The number of rotatable bonds is 2. The molecule has 0 spiro atoms. The van der Waals surface area contributed by atoms with Crippen LogP contribution in [0.25, 0.3) is 0 Å². The second-order valence-electron chi connectivity index (χ2n) is 9.58. The van der Waals surface area contributed by atoms with Gasteiger partial charge in [0.25, 0.3) is 0 Å². The van der Waals surface area contributed by atoms with Crippen molar-refractivity contribution in [3.05, 3.63) is 68.7 Å². The summed E-state index contributed by atoms with van der Waals surface area (Å²) in [6.45, 7) is 0. The van der Waals surface area contributed by atoms with E-state index in [0.29, 0.717) is 10.0 Å². The van der Waals surface area contributed by atoms with E-state index in [2.05, 4.69) is 0 Å². The predicted octanol–water partition coefficient (Wildman–Crippen LogP) is 6.94. The molecule has 2 saturated carbocycles. The van der Waals surface area contributed by atoms with Crippen molar-refractivity contribution in [1.82, 2.24) is 0 Å². The molecule has 4 heteroatoms. The molecule has 160 valence electrons. The Morgan fingerprint density at radius 1 is 0.567 bits per heavy atom. The zero-order valence-electron chi connectivity index (χ0n) is 17.3.